The van der Waals surface area contributed by atoms with Crippen molar-refractivity contribution in [1.82, 2.24) is 19.7 Å². The molecule has 1 N–H and O–H groups in total. The summed E-state index contributed by atoms with van der Waals surface area (Å²) in [5.74, 6) is 0.211. The van der Waals surface area contributed by atoms with Crippen LogP contribution in [0.25, 0.3) is 17.1 Å². The van der Waals surface area contributed by atoms with E-state index in [0.29, 0.717) is 18.1 Å². The van der Waals surface area contributed by atoms with Crippen molar-refractivity contribution in [3.05, 3.63) is 90.3 Å². The van der Waals surface area contributed by atoms with Gasteiger partial charge < -0.3 is 5.32 Å². The predicted octanol–water partition coefficient (Wildman–Crippen LogP) is 4.39. The van der Waals surface area contributed by atoms with Crippen LogP contribution < -0.4 is 5.32 Å². The van der Waals surface area contributed by atoms with Gasteiger partial charge in [-0.25, -0.2) is 14.1 Å². The van der Waals surface area contributed by atoms with Gasteiger partial charge in [-0.1, -0.05) is 18.2 Å². The van der Waals surface area contributed by atoms with E-state index in [0.717, 1.165) is 22.4 Å². The van der Waals surface area contributed by atoms with Gasteiger partial charge in [-0.05, 0) is 54.4 Å². The molecular weight excluding hydrogens is 341 g/mol. The Hall–Kier alpha value is -3.54. The summed E-state index contributed by atoms with van der Waals surface area (Å²) in [6.45, 7) is 2.51. The lowest BCUT2D eigenvalue weighted by molar-refractivity contribution is 0.609. The molecule has 0 fully saturated rings. The van der Waals surface area contributed by atoms with Crippen molar-refractivity contribution in [2.45, 2.75) is 13.5 Å². The van der Waals surface area contributed by atoms with Crippen molar-refractivity contribution < 1.29 is 4.39 Å². The third kappa shape index (κ3) is 3.69. The minimum atomic E-state index is -0.324. The number of pyridine rings is 1. The second kappa shape index (κ2) is 7.37. The number of halogens is 1. The minimum Gasteiger partial charge on any atom is -0.380 e. The number of rotatable bonds is 5. The van der Waals surface area contributed by atoms with Gasteiger partial charge in [0.2, 0.25) is 0 Å². The normalized spacial score (nSPS) is 10.7. The summed E-state index contributed by atoms with van der Waals surface area (Å²) in [6, 6.07) is 16.8. The molecule has 0 spiro atoms. The van der Waals surface area contributed by atoms with Crippen LogP contribution in [-0.4, -0.2) is 19.7 Å². The molecule has 27 heavy (non-hydrogen) atoms. The molecule has 4 rings (SSSR count). The monoisotopic (exact) mass is 359 g/mol. The van der Waals surface area contributed by atoms with Gasteiger partial charge in [0.15, 0.2) is 5.82 Å². The van der Waals surface area contributed by atoms with Crippen molar-refractivity contribution in [1.29, 1.82) is 0 Å². The number of anilines is 1. The maximum Gasteiger partial charge on any atom is 0.183 e. The highest BCUT2D eigenvalue weighted by Gasteiger charge is 2.12. The van der Waals surface area contributed by atoms with Gasteiger partial charge in [0.05, 0.1) is 0 Å². The van der Waals surface area contributed by atoms with Crippen molar-refractivity contribution in [2.75, 3.05) is 5.32 Å². The van der Waals surface area contributed by atoms with Crippen molar-refractivity contribution >= 4 is 5.69 Å². The van der Waals surface area contributed by atoms with Crippen molar-refractivity contribution in [2.24, 2.45) is 0 Å². The third-order valence-corrected chi connectivity index (χ3v) is 4.24. The third-order valence-electron chi connectivity index (χ3n) is 4.24. The molecule has 0 radical (unpaired) electrons. The van der Waals surface area contributed by atoms with E-state index >= 15 is 0 Å². The van der Waals surface area contributed by atoms with Crippen LogP contribution in [-0.2, 0) is 6.54 Å². The Morgan fingerprint density at radius 2 is 1.85 bits per heavy atom. The molecule has 0 aliphatic carbocycles. The standard InChI is InChI=1S/C21H18FN5/c1-15-6-7-20(18(22)12-15)27-14-25-21(26-27)17-4-2-3-5-19(17)24-13-16-8-10-23-11-9-16/h2-12,14,24H,13H2,1H3. The molecule has 2 aromatic heterocycles. The van der Waals surface area contributed by atoms with E-state index in [1.807, 2.05) is 49.4 Å². The lowest BCUT2D eigenvalue weighted by Crippen LogP contribution is -2.02. The molecule has 2 aromatic carbocycles. The zero-order chi connectivity index (χ0) is 18.6. The maximum atomic E-state index is 14.2. The molecule has 0 aliphatic rings. The van der Waals surface area contributed by atoms with Gasteiger partial charge in [0.1, 0.15) is 17.8 Å². The van der Waals surface area contributed by atoms with Gasteiger partial charge in [0, 0.05) is 30.2 Å². The summed E-state index contributed by atoms with van der Waals surface area (Å²) < 4.78 is 15.7. The number of aryl methyl sites for hydroxylation is 1. The van der Waals surface area contributed by atoms with E-state index in [9.17, 15) is 4.39 Å². The van der Waals surface area contributed by atoms with Crippen LogP contribution in [0.3, 0.4) is 0 Å². The molecule has 0 bridgehead atoms. The summed E-state index contributed by atoms with van der Waals surface area (Å²) in [5.41, 5.74) is 4.14. The average molecular weight is 359 g/mol. The first kappa shape index (κ1) is 16.9. The smallest absolute Gasteiger partial charge is 0.183 e. The van der Waals surface area contributed by atoms with Crippen LogP contribution in [0.1, 0.15) is 11.1 Å². The summed E-state index contributed by atoms with van der Waals surface area (Å²) in [5, 5.41) is 7.88. The summed E-state index contributed by atoms with van der Waals surface area (Å²) in [7, 11) is 0. The highest BCUT2D eigenvalue weighted by Crippen LogP contribution is 2.26. The minimum absolute atomic E-state index is 0.324. The Labute approximate surface area is 156 Å². The van der Waals surface area contributed by atoms with E-state index in [-0.39, 0.29) is 5.82 Å². The van der Waals surface area contributed by atoms with Crippen LogP contribution in [0.2, 0.25) is 0 Å². The number of benzene rings is 2. The average Bonchev–Trinajstić information content (AvgIpc) is 3.17. The largest absolute Gasteiger partial charge is 0.380 e. The fourth-order valence-corrected chi connectivity index (χ4v) is 2.83. The van der Waals surface area contributed by atoms with Crippen LogP contribution in [0.4, 0.5) is 10.1 Å². The number of hydrogen-bond donors (Lipinski definition) is 1. The van der Waals surface area contributed by atoms with Crippen molar-refractivity contribution in [3.8, 4) is 17.1 Å². The SMILES string of the molecule is Cc1ccc(-n2cnc(-c3ccccc3NCc3ccncc3)n2)c(F)c1. The van der Waals surface area contributed by atoms with E-state index in [2.05, 4.69) is 20.4 Å². The maximum absolute atomic E-state index is 14.2. The Balaban J connectivity index is 1.62. The molecule has 0 aliphatic heterocycles. The van der Waals surface area contributed by atoms with Crippen LogP contribution in [0.15, 0.2) is 73.3 Å². The summed E-state index contributed by atoms with van der Waals surface area (Å²) in [4.78, 5) is 8.41. The van der Waals surface area contributed by atoms with Gasteiger partial charge in [-0.3, -0.25) is 4.98 Å². The van der Waals surface area contributed by atoms with Crippen LogP contribution in [0, 0.1) is 12.7 Å². The molecule has 0 saturated heterocycles. The van der Waals surface area contributed by atoms with Gasteiger partial charge in [-0.2, -0.15) is 0 Å². The molecule has 134 valence electrons. The van der Waals surface area contributed by atoms with E-state index in [4.69, 9.17) is 0 Å². The molecular formula is C21H18FN5. The lowest BCUT2D eigenvalue weighted by atomic mass is 10.1. The number of hydrogen-bond acceptors (Lipinski definition) is 4. The molecule has 0 amide bonds. The van der Waals surface area contributed by atoms with Gasteiger partial charge in [0.25, 0.3) is 0 Å². The Morgan fingerprint density at radius 3 is 2.67 bits per heavy atom. The predicted molar refractivity (Wildman–Crippen MR) is 103 cm³/mol. The fourth-order valence-electron chi connectivity index (χ4n) is 2.83. The van der Waals surface area contributed by atoms with E-state index in [1.165, 1.54) is 17.1 Å². The summed E-state index contributed by atoms with van der Waals surface area (Å²) >= 11 is 0. The molecule has 0 saturated carbocycles. The van der Waals surface area contributed by atoms with Crippen LogP contribution in [0.5, 0.6) is 0 Å². The second-order valence-corrected chi connectivity index (χ2v) is 6.22. The van der Waals surface area contributed by atoms with Gasteiger partial charge in [-0.15, -0.1) is 5.10 Å². The molecule has 2 heterocycles. The molecule has 0 atom stereocenters. The Morgan fingerprint density at radius 1 is 1.04 bits per heavy atom. The first-order chi connectivity index (χ1) is 13.2. The number of nitrogens with one attached hydrogen (secondary N) is 1. The Kier molecular flexibility index (Phi) is 4.61. The zero-order valence-corrected chi connectivity index (χ0v) is 14.8. The molecule has 6 heteroatoms. The van der Waals surface area contributed by atoms with Crippen molar-refractivity contribution in [3.63, 3.8) is 0 Å². The lowest BCUT2D eigenvalue weighted by Gasteiger charge is -2.10. The van der Waals surface area contributed by atoms with Crippen LogP contribution >= 0.6 is 0 Å². The number of aromatic nitrogens is 4. The second-order valence-electron chi connectivity index (χ2n) is 6.22. The fraction of sp³-hybridized carbons (Fsp3) is 0.0952. The van der Waals surface area contributed by atoms with E-state index in [1.54, 1.807) is 18.5 Å². The first-order valence-electron chi connectivity index (χ1n) is 8.61. The first-order valence-corrected chi connectivity index (χ1v) is 8.61. The summed E-state index contributed by atoms with van der Waals surface area (Å²) in [6.07, 6.45) is 5.06. The molecule has 0 unspecified atom stereocenters. The van der Waals surface area contributed by atoms with E-state index < -0.39 is 0 Å². The quantitative estimate of drug-likeness (QED) is 0.574. The highest BCUT2D eigenvalue weighted by molar-refractivity contribution is 5.73. The highest BCUT2D eigenvalue weighted by atomic mass is 19.1. The number of para-hydroxylation sites is 1. The topological polar surface area (TPSA) is 55.6 Å². The van der Waals surface area contributed by atoms with Gasteiger partial charge >= 0.3 is 0 Å². The molecule has 4 aromatic rings. The molecule has 5 nitrogen and oxygen atoms in total. The zero-order valence-electron chi connectivity index (χ0n) is 14.8. The Bertz CT molecular complexity index is 1060. The number of nitrogens with zero attached hydrogens (tertiary/aromatic N) is 4.